The molecule has 0 aromatic heterocycles. The van der Waals surface area contributed by atoms with Gasteiger partial charge in [0.1, 0.15) is 11.5 Å². The predicted molar refractivity (Wildman–Crippen MR) is 60.1 cm³/mol. The number of rotatable bonds is 5. The van der Waals surface area contributed by atoms with Crippen molar-refractivity contribution in [1.29, 1.82) is 0 Å². The fourth-order valence-corrected chi connectivity index (χ4v) is 1.23. The smallest absolute Gasteiger partial charge is 0.434 e. The topological polar surface area (TPSA) is 82.1 Å². The van der Waals surface area contributed by atoms with Gasteiger partial charge in [0.05, 0.1) is 6.61 Å². The molecule has 0 saturated heterocycles. The van der Waals surface area contributed by atoms with Crippen LogP contribution in [0.25, 0.3) is 0 Å². The van der Waals surface area contributed by atoms with Crippen LogP contribution in [-0.4, -0.2) is 21.5 Å². The van der Waals surface area contributed by atoms with Crippen LogP contribution in [0.4, 0.5) is 4.79 Å². The van der Waals surface area contributed by atoms with Gasteiger partial charge < -0.3 is 13.7 Å². The summed E-state index contributed by atoms with van der Waals surface area (Å²) in [7, 11) is 0. The summed E-state index contributed by atoms with van der Waals surface area (Å²) < 4.78 is 32.8. The van der Waals surface area contributed by atoms with E-state index in [4.69, 9.17) is 14.0 Å². The molecule has 0 amide bonds. The molecule has 1 unspecified atom stereocenters. The van der Waals surface area contributed by atoms with Gasteiger partial charge in [-0.3, -0.25) is 4.55 Å². The van der Waals surface area contributed by atoms with E-state index >= 15 is 0 Å². The summed E-state index contributed by atoms with van der Waals surface area (Å²) in [6, 6.07) is 5.65. The van der Waals surface area contributed by atoms with E-state index < -0.39 is 17.5 Å². The van der Waals surface area contributed by atoms with E-state index in [1.807, 2.05) is 6.92 Å². The summed E-state index contributed by atoms with van der Waals surface area (Å²) in [6.07, 6.45) is -0.0734. The molecule has 6 nitrogen and oxygen atoms in total. The van der Waals surface area contributed by atoms with Crippen molar-refractivity contribution in [3.05, 3.63) is 24.3 Å². The molecule has 1 aromatic rings. The van der Waals surface area contributed by atoms with Gasteiger partial charge in [0.2, 0.25) is 0 Å². The Hall–Kier alpha value is -1.60. The highest BCUT2D eigenvalue weighted by molar-refractivity contribution is 7.74. The fraction of sp³-hybridized carbons (Fsp3) is 0.300. The average molecular weight is 260 g/mol. The second kappa shape index (κ2) is 6.87. The molecule has 17 heavy (non-hydrogen) atoms. The summed E-state index contributed by atoms with van der Waals surface area (Å²) in [5.41, 5.74) is 0. The lowest BCUT2D eigenvalue weighted by Crippen LogP contribution is -2.10. The fourth-order valence-electron chi connectivity index (χ4n) is 0.957. The third-order valence-electron chi connectivity index (χ3n) is 1.62. The van der Waals surface area contributed by atoms with Gasteiger partial charge in [-0.25, -0.2) is 4.79 Å². The SMILES string of the molecule is CCCOC(=O)Oc1ccc(OS(=O)O)cc1. The van der Waals surface area contributed by atoms with Gasteiger partial charge >= 0.3 is 17.5 Å². The quantitative estimate of drug-likeness (QED) is 0.496. The van der Waals surface area contributed by atoms with Crippen molar-refractivity contribution in [3.63, 3.8) is 0 Å². The third kappa shape index (κ3) is 5.32. The van der Waals surface area contributed by atoms with Crippen molar-refractivity contribution in [2.45, 2.75) is 13.3 Å². The minimum absolute atomic E-state index is 0.195. The normalized spacial score (nSPS) is 11.6. The number of benzene rings is 1. The van der Waals surface area contributed by atoms with Gasteiger partial charge in [0, 0.05) is 0 Å². The molecule has 0 fully saturated rings. The Morgan fingerprint density at radius 1 is 1.29 bits per heavy atom. The number of carbonyl (C=O) groups excluding carboxylic acids is 1. The van der Waals surface area contributed by atoms with Crippen molar-refractivity contribution in [2.24, 2.45) is 0 Å². The van der Waals surface area contributed by atoms with Gasteiger partial charge in [-0.15, -0.1) is 0 Å². The first kappa shape index (κ1) is 13.5. The van der Waals surface area contributed by atoms with E-state index in [-0.39, 0.29) is 11.5 Å². The Morgan fingerprint density at radius 3 is 2.41 bits per heavy atom. The molecular formula is C10H12O6S. The average Bonchev–Trinajstić information content (AvgIpc) is 2.28. The molecule has 0 radical (unpaired) electrons. The van der Waals surface area contributed by atoms with Crippen LogP contribution in [0.2, 0.25) is 0 Å². The molecule has 0 saturated carbocycles. The first-order valence-electron chi connectivity index (χ1n) is 4.85. The maximum Gasteiger partial charge on any atom is 0.513 e. The Balaban J connectivity index is 2.50. The van der Waals surface area contributed by atoms with Gasteiger partial charge in [0.25, 0.3) is 0 Å². The first-order valence-corrected chi connectivity index (χ1v) is 5.89. The summed E-state index contributed by atoms with van der Waals surface area (Å²) in [4.78, 5) is 11.1. The third-order valence-corrected chi connectivity index (χ3v) is 1.95. The van der Waals surface area contributed by atoms with Crippen molar-refractivity contribution in [2.75, 3.05) is 6.61 Å². The van der Waals surface area contributed by atoms with Gasteiger partial charge in [-0.1, -0.05) is 6.92 Å². The zero-order valence-corrected chi connectivity index (χ0v) is 9.94. The maximum absolute atomic E-state index is 11.1. The van der Waals surface area contributed by atoms with Crippen molar-refractivity contribution >= 4 is 17.5 Å². The molecule has 1 aromatic carbocycles. The van der Waals surface area contributed by atoms with Crippen LogP contribution in [0.1, 0.15) is 13.3 Å². The lowest BCUT2D eigenvalue weighted by atomic mass is 10.3. The number of ether oxygens (including phenoxy) is 2. The molecule has 0 heterocycles. The van der Waals surface area contributed by atoms with Gasteiger partial charge in [-0.2, -0.15) is 4.21 Å². The van der Waals surface area contributed by atoms with E-state index in [0.29, 0.717) is 13.0 Å². The first-order chi connectivity index (χ1) is 8.11. The van der Waals surface area contributed by atoms with Crippen LogP contribution < -0.4 is 8.92 Å². The lowest BCUT2D eigenvalue weighted by molar-refractivity contribution is 0.0991. The zero-order valence-electron chi connectivity index (χ0n) is 9.12. The molecular weight excluding hydrogens is 248 g/mol. The molecule has 0 aliphatic rings. The van der Waals surface area contributed by atoms with Gasteiger partial charge in [0.15, 0.2) is 0 Å². The molecule has 0 bridgehead atoms. The van der Waals surface area contributed by atoms with Crippen LogP contribution in [-0.2, 0) is 16.1 Å². The van der Waals surface area contributed by atoms with Crippen LogP contribution in [0, 0.1) is 0 Å². The number of hydrogen-bond acceptors (Lipinski definition) is 5. The highest BCUT2D eigenvalue weighted by atomic mass is 32.2. The minimum Gasteiger partial charge on any atom is -0.434 e. The van der Waals surface area contributed by atoms with E-state index in [0.717, 1.165) is 0 Å². The molecule has 0 spiro atoms. The lowest BCUT2D eigenvalue weighted by Gasteiger charge is -2.05. The Bertz CT molecular complexity index is 388. The van der Waals surface area contributed by atoms with E-state index in [2.05, 4.69) is 4.18 Å². The summed E-state index contributed by atoms with van der Waals surface area (Å²) >= 11 is -2.37. The molecule has 1 N–H and O–H groups in total. The standard InChI is InChI=1S/C10H12O6S/c1-2-7-14-10(11)15-8-3-5-9(6-4-8)16-17(12)13/h3-6H,2,7H2,1H3,(H,12,13). The van der Waals surface area contributed by atoms with Crippen molar-refractivity contribution in [1.82, 2.24) is 0 Å². The summed E-state index contributed by atoms with van der Waals surface area (Å²) in [5.74, 6) is 0.460. The van der Waals surface area contributed by atoms with Gasteiger partial charge in [-0.05, 0) is 30.7 Å². The molecule has 1 rings (SSSR count). The largest absolute Gasteiger partial charge is 0.513 e. The Morgan fingerprint density at radius 2 is 1.88 bits per heavy atom. The zero-order chi connectivity index (χ0) is 12.7. The predicted octanol–water partition coefficient (Wildman–Crippen LogP) is 2.13. The molecule has 1 atom stereocenters. The Kier molecular flexibility index (Phi) is 5.44. The highest BCUT2D eigenvalue weighted by Gasteiger charge is 2.06. The maximum atomic E-state index is 11.1. The van der Waals surface area contributed by atoms with Crippen molar-refractivity contribution < 1.29 is 27.2 Å². The van der Waals surface area contributed by atoms with E-state index in [1.54, 1.807) is 0 Å². The van der Waals surface area contributed by atoms with Crippen LogP contribution >= 0.6 is 0 Å². The summed E-state index contributed by atoms with van der Waals surface area (Å²) in [6.45, 7) is 2.16. The van der Waals surface area contributed by atoms with Crippen molar-refractivity contribution in [3.8, 4) is 11.5 Å². The second-order valence-corrected chi connectivity index (χ2v) is 3.57. The van der Waals surface area contributed by atoms with Crippen LogP contribution in [0.3, 0.4) is 0 Å². The molecule has 7 heteroatoms. The van der Waals surface area contributed by atoms with E-state index in [1.165, 1.54) is 24.3 Å². The number of carbonyl (C=O) groups is 1. The second-order valence-electron chi connectivity index (χ2n) is 2.97. The highest BCUT2D eigenvalue weighted by Crippen LogP contribution is 2.18. The minimum atomic E-state index is -2.37. The van der Waals surface area contributed by atoms with Crippen LogP contribution in [0.5, 0.6) is 11.5 Å². The van der Waals surface area contributed by atoms with E-state index in [9.17, 15) is 9.00 Å². The Labute approximate surface area is 101 Å². The number of hydrogen-bond donors (Lipinski definition) is 1. The molecule has 0 aliphatic carbocycles. The molecule has 0 aliphatic heterocycles. The summed E-state index contributed by atoms with van der Waals surface area (Å²) in [5, 5.41) is 0. The van der Waals surface area contributed by atoms with Crippen LogP contribution in [0.15, 0.2) is 24.3 Å². The monoisotopic (exact) mass is 260 g/mol. The molecule has 94 valence electrons.